The number of morpholine rings is 1. The van der Waals surface area contributed by atoms with Crippen molar-refractivity contribution < 1.29 is 9.53 Å². The summed E-state index contributed by atoms with van der Waals surface area (Å²) in [6.07, 6.45) is 0. The van der Waals surface area contributed by atoms with Gasteiger partial charge in [-0.05, 0) is 49.9 Å². The molecule has 0 unspecified atom stereocenters. The lowest BCUT2D eigenvalue weighted by Gasteiger charge is -2.29. The molecule has 0 bridgehead atoms. The third kappa shape index (κ3) is 5.29. The SMILES string of the molecule is CNC(=O)Nc1ccc(Sc2nc(Nc3cc(C)[nH]n3)c(C)c(N3CCOCC3)n2)cc1. The van der Waals surface area contributed by atoms with Crippen LogP contribution in [0.25, 0.3) is 0 Å². The molecule has 0 radical (unpaired) electrons. The van der Waals surface area contributed by atoms with Crippen LogP contribution in [0.4, 0.5) is 27.9 Å². The van der Waals surface area contributed by atoms with Crippen molar-refractivity contribution in [2.45, 2.75) is 23.9 Å². The lowest BCUT2D eigenvalue weighted by atomic mass is 10.2. The molecule has 4 rings (SSSR count). The first kappa shape index (κ1) is 21.9. The fraction of sp³-hybridized carbons (Fsp3) is 0.333. The van der Waals surface area contributed by atoms with Crippen LogP contribution in [-0.2, 0) is 4.74 Å². The zero-order valence-corrected chi connectivity index (χ0v) is 19.0. The Bertz CT molecular complexity index is 1080. The van der Waals surface area contributed by atoms with Crippen molar-refractivity contribution in [3.05, 3.63) is 41.6 Å². The highest BCUT2D eigenvalue weighted by atomic mass is 32.2. The molecule has 0 atom stereocenters. The van der Waals surface area contributed by atoms with E-state index in [0.717, 1.165) is 35.1 Å². The number of aryl methyl sites for hydroxylation is 1. The lowest BCUT2D eigenvalue weighted by molar-refractivity contribution is 0.122. The fourth-order valence-corrected chi connectivity index (χ4v) is 4.00. The molecule has 1 fully saturated rings. The second-order valence-electron chi connectivity index (χ2n) is 7.29. The number of hydrogen-bond donors (Lipinski definition) is 4. The maximum atomic E-state index is 11.5. The van der Waals surface area contributed by atoms with E-state index in [2.05, 4.69) is 31.0 Å². The number of rotatable bonds is 6. The third-order valence-corrected chi connectivity index (χ3v) is 5.78. The van der Waals surface area contributed by atoms with Crippen LogP contribution in [0, 0.1) is 13.8 Å². The molecular formula is C21H26N8O2S. The van der Waals surface area contributed by atoms with E-state index in [1.165, 1.54) is 11.8 Å². The molecule has 2 amide bonds. The summed E-state index contributed by atoms with van der Waals surface area (Å²) in [5.74, 6) is 2.31. The third-order valence-electron chi connectivity index (χ3n) is 4.91. The van der Waals surface area contributed by atoms with Crippen molar-refractivity contribution in [1.29, 1.82) is 0 Å². The first-order chi connectivity index (χ1) is 15.5. The number of carbonyl (C=O) groups excluding carboxylic acids is 1. The molecule has 1 aliphatic heterocycles. The molecule has 32 heavy (non-hydrogen) atoms. The maximum Gasteiger partial charge on any atom is 0.318 e. The van der Waals surface area contributed by atoms with Crippen LogP contribution in [0.2, 0.25) is 0 Å². The van der Waals surface area contributed by atoms with Gasteiger partial charge in [-0.25, -0.2) is 14.8 Å². The Morgan fingerprint density at radius 2 is 1.91 bits per heavy atom. The van der Waals surface area contributed by atoms with Crippen molar-refractivity contribution in [3.63, 3.8) is 0 Å². The number of H-pyrrole nitrogens is 1. The highest BCUT2D eigenvalue weighted by molar-refractivity contribution is 7.99. The van der Waals surface area contributed by atoms with Crippen molar-refractivity contribution in [3.8, 4) is 0 Å². The van der Waals surface area contributed by atoms with E-state index < -0.39 is 0 Å². The Labute approximate surface area is 190 Å². The number of urea groups is 1. The maximum absolute atomic E-state index is 11.5. The van der Waals surface area contributed by atoms with Crippen LogP contribution in [0.15, 0.2) is 40.4 Å². The molecule has 1 saturated heterocycles. The predicted molar refractivity (Wildman–Crippen MR) is 125 cm³/mol. The van der Waals surface area contributed by atoms with Gasteiger partial charge in [0.05, 0.1) is 13.2 Å². The van der Waals surface area contributed by atoms with E-state index in [1.807, 2.05) is 44.2 Å². The first-order valence-electron chi connectivity index (χ1n) is 10.3. The Kier molecular flexibility index (Phi) is 6.76. The second-order valence-corrected chi connectivity index (χ2v) is 8.34. The number of carbonyl (C=O) groups is 1. The van der Waals surface area contributed by atoms with E-state index in [0.29, 0.717) is 35.7 Å². The van der Waals surface area contributed by atoms with Gasteiger partial charge in [0.2, 0.25) is 0 Å². The molecule has 1 aromatic carbocycles. The van der Waals surface area contributed by atoms with Gasteiger partial charge in [0, 0.05) is 48.0 Å². The van der Waals surface area contributed by atoms with Crippen molar-refractivity contribution in [2.24, 2.45) is 0 Å². The van der Waals surface area contributed by atoms with E-state index in [-0.39, 0.29) is 6.03 Å². The molecule has 0 aliphatic carbocycles. The second kappa shape index (κ2) is 9.88. The van der Waals surface area contributed by atoms with E-state index in [4.69, 9.17) is 14.7 Å². The average Bonchev–Trinajstić information content (AvgIpc) is 3.22. The Balaban J connectivity index is 1.61. The van der Waals surface area contributed by atoms with Gasteiger partial charge in [-0.1, -0.05) is 0 Å². The molecule has 168 valence electrons. The summed E-state index contributed by atoms with van der Waals surface area (Å²) >= 11 is 1.46. The number of amides is 2. The highest BCUT2D eigenvalue weighted by Crippen LogP contribution is 2.33. The summed E-state index contributed by atoms with van der Waals surface area (Å²) in [7, 11) is 1.58. The van der Waals surface area contributed by atoms with Crippen molar-refractivity contribution in [1.82, 2.24) is 25.5 Å². The van der Waals surface area contributed by atoms with E-state index >= 15 is 0 Å². The Hall–Kier alpha value is -3.31. The normalized spacial score (nSPS) is 13.7. The van der Waals surface area contributed by atoms with Gasteiger partial charge in [-0.2, -0.15) is 5.10 Å². The lowest BCUT2D eigenvalue weighted by Crippen LogP contribution is -2.37. The molecule has 2 aromatic heterocycles. The van der Waals surface area contributed by atoms with Crippen LogP contribution in [0.5, 0.6) is 0 Å². The zero-order valence-electron chi connectivity index (χ0n) is 18.2. The van der Waals surface area contributed by atoms with Gasteiger partial charge in [0.25, 0.3) is 0 Å². The first-order valence-corrected chi connectivity index (χ1v) is 11.1. The quantitative estimate of drug-likeness (QED) is 0.419. The number of hydrogen-bond acceptors (Lipinski definition) is 8. The zero-order chi connectivity index (χ0) is 22.5. The Morgan fingerprint density at radius 3 is 2.56 bits per heavy atom. The topological polar surface area (TPSA) is 120 Å². The molecule has 4 N–H and O–H groups in total. The molecular weight excluding hydrogens is 428 g/mol. The average molecular weight is 455 g/mol. The Morgan fingerprint density at radius 1 is 1.16 bits per heavy atom. The van der Waals surface area contributed by atoms with Crippen molar-refractivity contribution in [2.75, 3.05) is 48.9 Å². The molecule has 3 heterocycles. The number of ether oxygens (including phenoxy) is 1. The minimum absolute atomic E-state index is 0.258. The van der Waals surface area contributed by atoms with Gasteiger partial charge in [-0.15, -0.1) is 0 Å². The number of nitrogens with one attached hydrogen (secondary N) is 4. The van der Waals surface area contributed by atoms with Crippen LogP contribution in [-0.4, -0.2) is 59.5 Å². The molecule has 1 aliphatic rings. The summed E-state index contributed by atoms with van der Waals surface area (Å²) < 4.78 is 5.51. The smallest absolute Gasteiger partial charge is 0.318 e. The summed E-state index contributed by atoms with van der Waals surface area (Å²) in [5.41, 5.74) is 2.64. The van der Waals surface area contributed by atoms with Gasteiger partial charge in [-0.3, -0.25) is 5.10 Å². The minimum atomic E-state index is -0.258. The van der Waals surface area contributed by atoms with Gasteiger partial charge < -0.3 is 25.6 Å². The largest absolute Gasteiger partial charge is 0.378 e. The van der Waals surface area contributed by atoms with E-state index in [9.17, 15) is 4.79 Å². The summed E-state index contributed by atoms with van der Waals surface area (Å²) in [6, 6.07) is 9.23. The van der Waals surface area contributed by atoms with Crippen LogP contribution >= 0.6 is 11.8 Å². The highest BCUT2D eigenvalue weighted by Gasteiger charge is 2.20. The van der Waals surface area contributed by atoms with Crippen LogP contribution < -0.4 is 20.9 Å². The summed E-state index contributed by atoms with van der Waals surface area (Å²) in [4.78, 5) is 24.3. The standard InChI is InChI=1S/C21H26N8O2S/c1-13-12-17(28-27-13)24-18-14(2)19(29-8-10-31-11-9-29)26-21(25-18)32-16-6-4-15(5-7-16)23-20(30)22-3/h4-7,12H,8-11H2,1-3H3,(H2,22,23,30)(H2,24,25,26,27,28). The number of aromatic nitrogens is 4. The molecule has 11 heteroatoms. The van der Waals surface area contributed by atoms with Crippen LogP contribution in [0.1, 0.15) is 11.3 Å². The number of nitrogens with zero attached hydrogens (tertiary/aromatic N) is 4. The van der Waals surface area contributed by atoms with Crippen molar-refractivity contribution >= 4 is 40.9 Å². The summed E-state index contributed by atoms with van der Waals surface area (Å²) in [5, 5.41) is 16.4. The van der Waals surface area contributed by atoms with E-state index in [1.54, 1.807) is 7.05 Å². The molecule has 0 spiro atoms. The number of aromatic amines is 1. The molecule has 3 aromatic rings. The van der Waals surface area contributed by atoms with Gasteiger partial charge in [0.1, 0.15) is 11.6 Å². The fourth-order valence-electron chi connectivity index (χ4n) is 3.24. The monoisotopic (exact) mass is 454 g/mol. The molecule has 0 saturated carbocycles. The number of anilines is 4. The predicted octanol–water partition coefficient (Wildman–Crippen LogP) is 3.30. The minimum Gasteiger partial charge on any atom is -0.378 e. The summed E-state index contributed by atoms with van der Waals surface area (Å²) in [6.45, 7) is 6.88. The van der Waals surface area contributed by atoms with Gasteiger partial charge in [0.15, 0.2) is 11.0 Å². The van der Waals surface area contributed by atoms with Gasteiger partial charge >= 0.3 is 6.03 Å². The number of benzene rings is 1. The van der Waals surface area contributed by atoms with Crippen LogP contribution in [0.3, 0.4) is 0 Å². The molecule has 10 nitrogen and oxygen atoms in total.